The van der Waals surface area contributed by atoms with Gasteiger partial charge in [0.1, 0.15) is 0 Å². The summed E-state index contributed by atoms with van der Waals surface area (Å²) in [6.07, 6.45) is 12.3. The topological polar surface area (TPSA) is 32.3 Å². The first-order valence-electron chi connectivity index (χ1n) is 10.2. The first-order chi connectivity index (χ1) is 11.2. The van der Waals surface area contributed by atoms with Gasteiger partial charge in [-0.3, -0.25) is 4.79 Å². The Morgan fingerprint density at radius 1 is 1.09 bits per heavy atom. The van der Waals surface area contributed by atoms with E-state index in [0.29, 0.717) is 29.8 Å². The average molecular weight is 321 g/mol. The second-order valence-corrected chi connectivity index (χ2v) is 8.40. The maximum Gasteiger partial charge on any atom is 0.223 e. The zero-order chi connectivity index (χ0) is 16.2. The lowest BCUT2D eigenvalue weighted by Gasteiger charge is -2.38. The minimum absolute atomic E-state index is 0.463. The Balaban J connectivity index is 1.54. The normalized spacial score (nSPS) is 33.2. The second-order valence-electron chi connectivity index (χ2n) is 8.40. The van der Waals surface area contributed by atoms with Crippen LogP contribution < -0.4 is 5.32 Å². The SMILES string of the molecule is CCC1CCC(N(C(=O)C[C@H](C)[C@H]2CCCNC2)C2CC2)CC1. The highest BCUT2D eigenvalue weighted by Crippen LogP contribution is 2.37. The number of nitrogens with zero attached hydrogens (tertiary/aromatic N) is 1. The molecular weight excluding hydrogens is 284 g/mol. The highest BCUT2D eigenvalue weighted by Gasteiger charge is 2.39. The van der Waals surface area contributed by atoms with E-state index in [0.717, 1.165) is 25.4 Å². The van der Waals surface area contributed by atoms with E-state index in [2.05, 4.69) is 24.1 Å². The molecule has 3 nitrogen and oxygen atoms in total. The summed E-state index contributed by atoms with van der Waals surface area (Å²) >= 11 is 0. The molecule has 2 aliphatic carbocycles. The predicted octanol–water partition coefficient (Wildman–Crippen LogP) is 3.97. The quantitative estimate of drug-likeness (QED) is 0.803. The maximum atomic E-state index is 13.0. The van der Waals surface area contributed by atoms with Crippen molar-refractivity contribution in [1.29, 1.82) is 0 Å². The van der Waals surface area contributed by atoms with Crippen molar-refractivity contribution < 1.29 is 4.79 Å². The molecule has 1 amide bonds. The number of hydrogen-bond acceptors (Lipinski definition) is 2. The Bertz CT molecular complexity index is 379. The number of piperidine rings is 1. The lowest BCUT2D eigenvalue weighted by atomic mass is 9.82. The van der Waals surface area contributed by atoms with Crippen LogP contribution in [0.2, 0.25) is 0 Å². The number of carbonyl (C=O) groups excluding carboxylic acids is 1. The van der Waals surface area contributed by atoms with Gasteiger partial charge in [0.15, 0.2) is 0 Å². The smallest absolute Gasteiger partial charge is 0.223 e. The molecule has 0 aromatic carbocycles. The lowest BCUT2D eigenvalue weighted by molar-refractivity contribution is -0.136. The van der Waals surface area contributed by atoms with E-state index in [1.807, 2.05) is 0 Å². The van der Waals surface area contributed by atoms with Crippen molar-refractivity contribution in [2.45, 2.75) is 90.1 Å². The van der Waals surface area contributed by atoms with Crippen LogP contribution in [0.25, 0.3) is 0 Å². The molecule has 0 radical (unpaired) electrons. The molecule has 3 rings (SSSR count). The van der Waals surface area contributed by atoms with Crippen LogP contribution in [0.1, 0.15) is 78.1 Å². The zero-order valence-electron chi connectivity index (χ0n) is 15.2. The fourth-order valence-electron chi connectivity index (χ4n) is 4.80. The van der Waals surface area contributed by atoms with E-state index in [9.17, 15) is 4.79 Å². The molecule has 1 saturated heterocycles. The van der Waals surface area contributed by atoms with Gasteiger partial charge in [-0.1, -0.05) is 20.3 Å². The molecule has 0 bridgehead atoms. The van der Waals surface area contributed by atoms with Crippen molar-refractivity contribution >= 4 is 5.91 Å². The fraction of sp³-hybridized carbons (Fsp3) is 0.950. The van der Waals surface area contributed by atoms with Crippen LogP contribution in [0.4, 0.5) is 0 Å². The predicted molar refractivity (Wildman–Crippen MR) is 95.3 cm³/mol. The first-order valence-corrected chi connectivity index (χ1v) is 10.2. The van der Waals surface area contributed by atoms with Gasteiger partial charge in [0.05, 0.1) is 0 Å². The Kier molecular flexibility index (Phi) is 6.01. The maximum absolute atomic E-state index is 13.0. The van der Waals surface area contributed by atoms with Gasteiger partial charge in [0, 0.05) is 18.5 Å². The molecule has 1 heterocycles. The molecule has 3 aliphatic rings. The highest BCUT2D eigenvalue weighted by molar-refractivity contribution is 5.77. The Labute approximate surface area is 142 Å². The minimum atomic E-state index is 0.463. The summed E-state index contributed by atoms with van der Waals surface area (Å²) < 4.78 is 0. The molecule has 0 aromatic rings. The molecule has 0 unspecified atom stereocenters. The lowest BCUT2D eigenvalue weighted by Crippen LogP contribution is -2.45. The van der Waals surface area contributed by atoms with Crippen LogP contribution in [0.5, 0.6) is 0 Å². The summed E-state index contributed by atoms with van der Waals surface area (Å²) in [4.78, 5) is 15.4. The van der Waals surface area contributed by atoms with Gasteiger partial charge in [0.25, 0.3) is 0 Å². The molecule has 2 saturated carbocycles. The van der Waals surface area contributed by atoms with Crippen molar-refractivity contribution in [2.24, 2.45) is 17.8 Å². The molecule has 132 valence electrons. The van der Waals surface area contributed by atoms with Crippen molar-refractivity contribution in [3.63, 3.8) is 0 Å². The van der Waals surface area contributed by atoms with Crippen molar-refractivity contribution in [3.8, 4) is 0 Å². The summed E-state index contributed by atoms with van der Waals surface area (Å²) in [7, 11) is 0. The number of nitrogens with one attached hydrogen (secondary N) is 1. The van der Waals surface area contributed by atoms with Gasteiger partial charge in [-0.2, -0.15) is 0 Å². The van der Waals surface area contributed by atoms with Crippen LogP contribution in [0.3, 0.4) is 0 Å². The molecule has 3 heteroatoms. The molecule has 0 spiro atoms. The number of amides is 1. The molecule has 3 fully saturated rings. The summed E-state index contributed by atoms with van der Waals surface area (Å²) in [6, 6.07) is 1.14. The van der Waals surface area contributed by atoms with E-state index in [1.165, 1.54) is 57.8 Å². The fourth-order valence-corrected chi connectivity index (χ4v) is 4.80. The van der Waals surface area contributed by atoms with Gasteiger partial charge < -0.3 is 10.2 Å². The van der Waals surface area contributed by atoms with Crippen LogP contribution in [-0.2, 0) is 4.79 Å². The Morgan fingerprint density at radius 3 is 2.26 bits per heavy atom. The van der Waals surface area contributed by atoms with Crippen LogP contribution >= 0.6 is 0 Å². The minimum Gasteiger partial charge on any atom is -0.337 e. The summed E-state index contributed by atoms with van der Waals surface area (Å²) in [5.74, 6) is 2.60. The van der Waals surface area contributed by atoms with Gasteiger partial charge in [-0.25, -0.2) is 0 Å². The van der Waals surface area contributed by atoms with E-state index in [1.54, 1.807) is 0 Å². The van der Waals surface area contributed by atoms with Crippen molar-refractivity contribution in [1.82, 2.24) is 10.2 Å². The monoisotopic (exact) mass is 320 g/mol. The molecular formula is C20H36N2O. The van der Waals surface area contributed by atoms with E-state index >= 15 is 0 Å². The molecule has 1 N–H and O–H groups in total. The molecule has 2 atom stereocenters. The number of carbonyl (C=O) groups is 1. The average Bonchev–Trinajstić information content (AvgIpc) is 3.41. The van der Waals surface area contributed by atoms with Gasteiger partial charge in [-0.05, 0) is 82.2 Å². The number of hydrogen-bond donors (Lipinski definition) is 1. The third kappa shape index (κ3) is 4.49. The van der Waals surface area contributed by atoms with Gasteiger partial charge >= 0.3 is 0 Å². The van der Waals surface area contributed by atoms with Crippen LogP contribution in [0.15, 0.2) is 0 Å². The van der Waals surface area contributed by atoms with E-state index in [4.69, 9.17) is 0 Å². The zero-order valence-corrected chi connectivity index (χ0v) is 15.2. The van der Waals surface area contributed by atoms with E-state index in [-0.39, 0.29) is 0 Å². The van der Waals surface area contributed by atoms with Crippen LogP contribution in [0, 0.1) is 17.8 Å². The Morgan fingerprint density at radius 2 is 1.74 bits per heavy atom. The first kappa shape index (κ1) is 17.3. The second kappa shape index (κ2) is 8.00. The largest absolute Gasteiger partial charge is 0.337 e. The van der Waals surface area contributed by atoms with Gasteiger partial charge in [0.2, 0.25) is 5.91 Å². The van der Waals surface area contributed by atoms with Crippen molar-refractivity contribution in [3.05, 3.63) is 0 Å². The molecule has 1 aliphatic heterocycles. The van der Waals surface area contributed by atoms with Crippen molar-refractivity contribution in [2.75, 3.05) is 13.1 Å². The summed E-state index contributed by atoms with van der Waals surface area (Å²) in [5, 5.41) is 3.50. The Hall–Kier alpha value is -0.570. The van der Waals surface area contributed by atoms with Crippen LogP contribution in [-0.4, -0.2) is 36.0 Å². The van der Waals surface area contributed by atoms with E-state index < -0.39 is 0 Å². The van der Waals surface area contributed by atoms with Gasteiger partial charge in [-0.15, -0.1) is 0 Å². The standard InChI is InChI=1S/C20H36N2O/c1-3-16-6-8-18(9-7-16)22(19-10-11-19)20(23)13-15(2)17-5-4-12-21-14-17/h15-19,21H,3-14H2,1-2H3/t15-,16?,17-,18?/m0/s1. The molecule has 0 aromatic heterocycles. The third-order valence-corrected chi connectivity index (χ3v) is 6.65. The number of rotatable bonds is 6. The highest BCUT2D eigenvalue weighted by atomic mass is 16.2. The third-order valence-electron chi connectivity index (χ3n) is 6.65. The molecule has 23 heavy (non-hydrogen) atoms. The summed E-state index contributed by atoms with van der Waals surface area (Å²) in [5.41, 5.74) is 0. The summed E-state index contributed by atoms with van der Waals surface area (Å²) in [6.45, 7) is 6.88.